The first-order chi connectivity index (χ1) is 6.77. The summed E-state index contributed by atoms with van der Waals surface area (Å²) in [6.07, 6.45) is 1.64. The summed E-state index contributed by atoms with van der Waals surface area (Å²) in [6, 6.07) is 3.54. The second kappa shape index (κ2) is 3.63. The maximum Gasteiger partial charge on any atom is 0.257 e. The smallest absolute Gasteiger partial charge is 0.257 e. The molecule has 0 aliphatic heterocycles. The van der Waals surface area contributed by atoms with Crippen molar-refractivity contribution in [2.75, 3.05) is 5.32 Å². The number of hydrogen-bond acceptors (Lipinski definition) is 3. The Morgan fingerprint density at radius 2 is 2.43 bits per heavy atom. The Bertz CT molecular complexity index is 433. The van der Waals surface area contributed by atoms with Gasteiger partial charge in [-0.2, -0.15) is 16.4 Å². The van der Waals surface area contributed by atoms with Crippen LogP contribution in [0.1, 0.15) is 10.4 Å². The number of aryl methyl sites for hydroxylation is 1. The topological polar surface area (TPSA) is 46.9 Å². The van der Waals surface area contributed by atoms with Gasteiger partial charge >= 0.3 is 0 Å². The summed E-state index contributed by atoms with van der Waals surface area (Å²) in [5.41, 5.74) is 0.677. The molecule has 0 aliphatic rings. The highest BCUT2D eigenvalue weighted by atomic mass is 32.1. The highest BCUT2D eigenvalue weighted by Crippen LogP contribution is 2.10. The SMILES string of the molecule is Cn1nccc1NC(=O)c1ccsc1. The van der Waals surface area contributed by atoms with Crippen molar-refractivity contribution in [1.82, 2.24) is 9.78 Å². The zero-order valence-corrected chi connectivity index (χ0v) is 8.41. The molecule has 0 saturated heterocycles. The lowest BCUT2D eigenvalue weighted by Gasteiger charge is -2.02. The molecule has 0 fully saturated rings. The number of nitrogens with zero attached hydrogens (tertiary/aromatic N) is 2. The highest BCUT2D eigenvalue weighted by molar-refractivity contribution is 7.08. The van der Waals surface area contributed by atoms with Crippen molar-refractivity contribution in [2.24, 2.45) is 7.05 Å². The van der Waals surface area contributed by atoms with Crippen molar-refractivity contribution in [3.8, 4) is 0 Å². The van der Waals surface area contributed by atoms with E-state index in [2.05, 4.69) is 10.4 Å². The van der Waals surface area contributed by atoms with Gasteiger partial charge in [0.2, 0.25) is 0 Å². The fourth-order valence-electron chi connectivity index (χ4n) is 1.08. The predicted octanol–water partition coefficient (Wildman–Crippen LogP) is 1.73. The number of hydrogen-bond donors (Lipinski definition) is 1. The van der Waals surface area contributed by atoms with E-state index in [4.69, 9.17) is 0 Å². The van der Waals surface area contributed by atoms with Gasteiger partial charge in [0.1, 0.15) is 5.82 Å². The monoisotopic (exact) mass is 207 g/mol. The van der Waals surface area contributed by atoms with E-state index in [1.807, 2.05) is 10.8 Å². The van der Waals surface area contributed by atoms with Crippen molar-refractivity contribution in [3.63, 3.8) is 0 Å². The Balaban J connectivity index is 2.13. The van der Waals surface area contributed by atoms with E-state index in [-0.39, 0.29) is 5.91 Å². The van der Waals surface area contributed by atoms with E-state index < -0.39 is 0 Å². The molecule has 0 radical (unpaired) electrons. The maximum atomic E-state index is 11.6. The summed E-state index contributed by atoms with van der Waals surface area (Å²) in [4.78, 5) is 11.6. The van der Waals surface area contributed by atoms with E-state index >= 15 is 0 Å². The van der Waals surface area contributed by atoms with Crippen molar-refractivity contribution < 1.29 is 4.79 Å². The van der Waals surface area contributed by atoms with Gasteiger partial charge in [-0.05, 0) is 11.4 Å². The number of amides is 1. The third-order valence-corrected chi connectivity index (χ3v) is 2.53. The van der Waals surface area contributed by atoms with E-state index in [1.165, 1.54) is 11.3 Å². The molecule has 2 rings (SSSR count). The summed E-state index contributed by atoms with van der Waals surface area (Å²) in [5.74, 6) is 0.594. The number of thiophene rings is 1. The van der Waals surface area contributed by atoms with Crippen LogP contribution in [0, 0.1) is 0 Å². The molecule has 0 saturated carbocycles. The molecule has 2 aromatic heterocycles. The van der Waals surface area contributed by atoms with Gasteiger partial charge in [-0.15, -0.1) is 0 Å². The van der Waals surface area contributed by atoms with Crippen molar-refractivity contribution in [2.45, 2.75) is 0 Å². The van der Waals surface area contributed by atoms with Crippen LogP contribution in [0.25, 0.3) is 0 Å². The van der Waals surface area contributed by atoms with Crippen LogP contribution in [-0.2, 0) is 7.05 Å². The lowest BCUT2D eigenvalue weighted by molar-refractivity contribution is 0.102. The molecule has 2 aromatic rings. The van der Waals surface area contributed by atoms with Crippen LogP contribution in [0.15, 0.2) is 29.1 Å². The summed E-state index contributed by atoms with van der Waals surface area (Å²) in [6.45, 7) is 0. The number of nitrogens with one attached hydrogen (secondary N) is 1. The van der Waals surface area contributed by atoms with Crippen LogP contribution in [0.5, 0.6) is 0 Å². The van der Waals surface area contributed by atoms with Gasteiger partial charge in [-0.3, -0.25) is 9.48 Å². The molecular formula is C9H9N3OS. The fraction of sp³-hybridized carbons (Fsp3) is 0.111. The molecule has 0 unspecified atom stereocenters. The van der Waals surface area contributed by atoms with Gasteiger partial charge in [-0.25, -0.2) is 0 Å². The average molecular weight is 207 g/mol. The quantitative estimate of drug-likeness (QED) is 0.815. The van der Waals surface area contributed by atoms with Crippen LogP contribution < -0.4 is 5.32 Å². The van der Waals surface area contributed by atoms with Crippen molar-refractivity contribution in [3.05, 3.63) is 34.7 Å². The van der Waals surface area contributed by atoms with Gasteiger partial charge in [0.15, 0.2) is 0 Å². The number of carbonyl (C=O) groups is 1. The van der Waals surface area contributed by atoms with Gasteiger partial charge in [0, 0.05) is 18.5 Å². The second-order valence-corrected chi connectivity index (χ2v) is 3.59. The Hall–Kier alpha value is -1.62. The molecule has 0 aromatic carbocycles. The van der Waals surface area contributed by atoms with E-state index in [1.54, 1.807) is 30.1 Å². The molecule has 1 N–H and O–H groups in total. The van der Waals surface area contributed by atoms with Gasteiger partial charge < -0.3 is 5.32 Å². The lowest BCUT2D eigenvalue weighted by Crippen LogP contribution is -2.13. The van der Waals surface area contributed by atoms with Crippen LogP contribution in [0.3, 0.4) is 0 Å². The maximum absolute atomic E-state index is 11.6. The Kier molecular flexibility index (Phi) is 2.32. The van der Waals surface area contributed by atoms with Crippen LogP contribution in [-0.4, -0.2) is 15.7 Å². The molecule has 4 nitrogen and oxygen atoms in total. The molecule has 0 aliphatic carbocycles. The van der Waals surface area contributed by atoms with Gasteiger partial charge in [0.25, 0.3) is 5.91 Å². The molecule has 0 spiro atoms. The normalized spacial score (nSPS) is 10.1. The lowest BCUT2D eigenvalue weighted by atomic mass is 10.3. The number of rotatable bonds is 2. The molecule has 1 amide bonds. The molecule has 0 atom stereocenters. The third-order valence-electron chi connectivity index (χ3n) is 1.85. The first-order valence-corrected chi connectivity index (χ1v) is 5.03. The van der Waals surface area contributed by atoms with Crippen molar-refractivity contribution in [1.29, 1.82) is 0 Å². The zero-order chi connectivity index (χ0) is 9.97. The van der Waals surface area contributed by atoms with Crippen LogP contribution >= 0.6 is 11.3 Å². The van der Waals surface area contributed by atoms with Crippen molar-refractivity contribution >= 4 is 23.1 Å². The third kappa shape index (κ3) is 1.67. The van der Waals surface area contributed by atoms with E-state index in [9.17, 15) is 4.79 Å². The number of carbonyl (C=O) groups excluding carboxylic acids is 1. The molecule has 2 heterocycles. The first-order valence-electron chi connectivity index (χ1n) is 4.09. The Morgan fingerprint density at radius 1 is 1.57 bits per heavy atom. The first kappa shape index (κ1) is 8.96. The zero-order valence-electron chi connectivity index (χ0n) is 7.60. The second-order valence-electron chi connectivity index (χ2n) is 2.81. The van der Waals surface area contributed by atoms with E-state index in [0.29, 0.717) is 11.4 Å². The summed E-state index contributed by atoms with van der Waals surface area (Å²) < 4.78 is 1.62. The Labute approximate surface area is 85.2 Å². The van der Waals surface area contributed by atoms with Crippen LogP contribution in [0.2, 0.25) is 0 Å². The van der Waals surface area contributed by atoms with Crippen LogP contribution in [0.4, 0.5) is 5.82 Å². The molecule has 14 heavy (non-hydrogen) atoms. The minimum absolute atomic E-state index is 0.102. The predicted molar refractivity (Wildman–Crippen MR) is 55.5 cm³/mol. The van der Waals surface area contributed by atoms with Gasteiger partial charge in [0.05, 0.1) is 11.8 Å². The molecule has 0 bridgehead atoms. The summed E-state index contributed by atoms with van der Waals surface area (Å²) >= 11 is 1.50. The largest absolute Gasteiger partial charge is 0.307 e. The number of aromatic nitrogens is 2. The highest BCUT2D eigenvalue weighted by Gasteiger charge is 2.07. The average Bonchev–Trinajstić information content (AvgIpc) is 2.77. The minimum Gasteiger partial charge on any atom is -0.307 e. The number of anilines is 1. The molecule has 72 valence electrons. The summed E-state index contributed by atoms with van der Waals surface area (Å²) in [5, 5.41) is 10.4. The molecular weight excluding hydrogens is 198 g/mol. The molecule has 5 heteroatoms. The fourth-order valence-corrected chi connectivity index (χ4v) is 1.71. The standard InChI is InChI=1S/C9H9N3OS/c1-12-8(2-4-10-12)11-9(13)7-3-5-14-6-7/h2-6H,1H3,(H,11,13). The van der Waals surface area contributed by atoms with Gasteiger partial charge in [-0.1, -0.05) is 0 Å². The Morgan fingerprint density at radius 3 is 3.00 bits per heavy atom. The summed E-state index contributed by atoms with van der Waals surface area (Å²) in [7, 11) is 1.78. The minimum atomic E-state index is -0.102. The van der Waals surface area contributed by atoms with E-state index in [0.717, 1.165) is 0 Å².